The Hall–Kier alpha value is -0.240. The summed E-state index contributed by atoms with van der Waals surface area (Å²) in [4.78, 5) is 11.5. The molecule has 2 atom stereocenters. The Balaban J connectivity index is 2.00. The van der Waals surface area contributed by atoms with Gasteiger partial charge in [0.1, 0.15) is 0 Å². The van der Waals surface area contributed by atoms with Crippen LogP contribution >= 0.6 is 11.6 Å². The number of amides is 1. The van der Waals surface area contributed by atoms with Crippen molar-refractivity contribution in [2.45, 2.75) is 43.4 Å². The van der Waals surface area contributed by atoms with Crippen LogP contribution in [0.3, 0.4) is 0 Å². The first-order valence-electron chi connectivity index (χ1n) is 5.50. The molecule has 2 nitrogen and oxygen atoms in total. The molecule has 4 saturated carbocycles. The fourth-order valence-corrected chi connectivity index (χ4v) is 5.13. The molecule has 0 radical (unpaired) electrons. The summed E-state index contributed by atoms with van der Waals surface area (Å²) in [5, 5.41) is 0. The molecule has 14 heavy (non-hydrogen) atoms. The van der Waals surface area contributed by atoms with Crippen molar-refractivity contribution in [1.82, 2.24) is 0 Å². The summed E-state index contributed by atoms with van der Waals surface area (Å²) in [6, 6.07) is 0. The molecule has 0 aromatic heterocycles. The van der Waals surface area contributed by atoms with Crippen molar-refractivity contribution in [1.29, 1.82) is 0 Å². The van der Waals surface area contributed by atoms with Crippen molar-refractivity contribution in [2.24, 2.45) is 23.0 Å². The predicted octanol–water partition coefficient (Wildman–Crippen LogP) is 2.05. The van der Waals surface area contributed by atoms with Crippen LogP contribution in [0.5, 0.6) is 0 Å². The number of hydrogen-bond donors (Lipinski definition) is 1. The molecule has 4 bridgehead atoms. The molecule has 4 aliphatic rings. The molecule has 0 heterocycles. The Morgan fingerprint density at radius 3 is 2.21 bits per heavy atom. The van der Waals surface area contributed by atoms with Gasteiger partial charge in [0.15, 0.2) is 0 Å². The molecule has 4 rings (SSSR count). The van der Waals surface area contributed by atoms with E-state index < -0.39 is 0 Å². The average Bonchev–Trinajstić information content (AvgIpc) is 1.98. The maximum atomic E-state index is 11.6. The second kappa shape index (κ2) is 2.46. The third kappa shape index (κ3) is 1.06. The molecule has 3 heteroatoms. The standard InChI is InChI=1S/C11H16ClNO/c12-11-4-7-1-8(5-11)3-10(2-7,6-11)9(13)14/h7-8H,1-6H2,(H2,13,14)/t7-,8-,10?,11?/m1/s1. The van der Waals surface area contributed by atoms with Gasteiger partial charge in [0, 0.05) is 4.87 Å². The molecule has 0 aliphatic heterocycles. The van der Waals surface area contributed by atoms with Crippen LogP contribution in [-0.4, -0.2) is 10.8 Å². The van der Waals surface area contributed by atoms with Crippen LogP contribution in [0.1, 0.15) is 38.5 Å². The lowest BCUT2D eigenvalue weighted by atomic mass is 9.49. The normalized spacial score (nSPS) is 54.9. The Labute approximate surface area is 89.2 Å². The van der Waals surface area contributed by atoms with E-state index in [1.807, 2.05) is 0 Å². The van der Waals surface area contributed by atoms with E-state index in [0.29, 0.717) is 11.8 Å². The number of carbonyl (C=O) groups is 1. The smallest absolute Gasteiger partial charge is 0.223 e. The van der Waals surface area contributed by atoms with Gasteiger partial charge < -0.3 is 5.73 Å². The van der Waals surface area contributed by atoms with E-state index in [0.717, 1.165) is 32.1 Å². The Bertz CT molecular complexity index is 288. The molecule has 0 saturated heterocycles. The Morgan fingerprint density at radius 2 is 1.79 bits per heavy atom. The first-order chi connectivity index (χ1) is 6.51. The summed E-state index contributed by atoms with van der Waals surface area (Å²) in [5.74, 6) is 1.24. The van der Waals surface area contributed by atoms with Crippen molar-refractivity contribution in [3.05, 3.63) is 0 Å². The van der Waals surface area contributed by atoms with Crippen LogP contribution in [0.4, 0.5) is 0 Å². The second-order valence-corrected chi connectivity index (χ2v) is 6.56. The van der Waals surface area contributed by atoms with Gasteiger partial charge in [-0.15, -0.1) is 11.6 Å². The highest BCUT2D eigenvalue weighted by Gasteiger charge is 2.59. The van der Waals surface area contributed by atoms with Crippen LogP contribution in [0.2, 0.25) is 0 Å². The summed E-state index contributed by atoms with van der Waals surface area (Å²) in [6.07, 6.45) is 6.36. The summed E-state index contributed by atoms with van der Waals surface area (Å²) in [5.41, 5.74) is 5.32. The van der Waals surface area contributed by atoms with Gasteiger partial charge in [-0.3, -0.25) is 4.79 Å². The molecular weight excluding hydrogens is 198 g/mol. The van der Waals surface area contributed by atoms with E-state index in [1.165, 1.54) is 6.42 Å². The van der Waals surface area contributed by atoms with Crippen molar-refractivity contribution < 1.29 is 4.79 Å². The second-order valence-electron chi connectivity index (χ2n) is 5.76. The number of primary amides is 1. The number of rotatable bonds is 1. The van der Waals surface area contributed by atoms with E-state index >= 15 is 0 Å². The van der Waals surface area contributed by atoms with E-state index in [1.54, 1.807) is 0 Å². The lowest BCUT2D eigenvalue weighted by molar-refractivity contribution is -0.141. The molecule has 4 aliphatic carbocycles. The highest BCUT2D eigenvalue weighted by molar-refractivity contribution is 6.24. The Kier molecular flexibility index (Phi) is 1.59. The van der Waals surface area contributed by atoms with Crippen molar-refractivity contribution >= 4 is 17.5 Å². The van der Waals surface area contributed by atoms with Crippen molar-refractivity contribution in [3.8, 4) is 0 Å². The lowest BCUT2D eigenvalue weighted by Crippen LogP contribution is -2.57. The van der Waals surface area contributed by atoms with Crippen LogP contribution in [0.25, 0.3) is 0 Å². The number of halogens is 1. The largest absolute Gasteiger partial charge is 0.369 e. The van der Waals surface area contributed by atoms with Crippen molar-refractivity contribution in [3.63, 3.8) is 0 Å². The van der Waals surface area contributed by atoms with E-state index in [4.69, 9.17) is 17.3 Å². The van der Waals surface area contributed by atoms with E-state index in [2.05, 4.69) is 0 Å². The number of nitrogens with two attached hydrogens (primary N) is 1. The third-order valence-corrected chi connectivity index (χ3v) is 4.95. The quantitative estimate of drug-likeness (QED) is 0.666. The molecule has 2 N–H and O–H groups in total. The van der Waals surface area contributed by atoms with Gasteiger partial charge in [0.25, 0.3) is 0 Å². The monoisotopic (exact) mass is 213 g/mol. The van der Waals surface area contributed by atoms with Crippen LogP contribution in [0, 0.1) is 17.3 Å². The maximum absolute atomic E-state index is 11.6. The molecule has 4 fully saturated rings. The summed E-state index contributed by atoms with van der Waals surface area (Å²) >= 11 is 6.56. The van der Waals surface area contributed by atoms with Gasteiger partial charge in [-0.2, -0.15) is 0 Å². The van der Waals surface area contributed by atoms with Gasteiger partial charge in [-0.25, -0.2) is 0 Å². The molecule has 78 valence electrons. The lowest BCUT2D eigenvalue weighted by Gasteiger charge is -2.58. The fourth-order valence-electron chi connectivity index (χ4n) is 4.44. The topological polar surface area (TPSA) is 43.1 Å². The van der Waals surface area contributed by atoms with E-state index in [9.17, 15) is 4.79 Å². The summed E-state index contributed by atoms with van der Waals surface area (Å²) < 4.78 is 0. The van der Waals surface area contributed by atoms with Gasteiger partial charge in [0.05, 0.1) is 5.41 Å². The fraction of sp³-hybridized carbons (Fsp3) is 0.909. The first-order valence-corrected chi connectivity index (χ1v) is 5.88. The SMILES string of the molecule is NC(=O)C12C[C@H]3C[C@@H](CC(Cl)(C3)C1)C2. The minimum atomic E-state index is -0.230. The Morgan fingerprint density at radius 1 is 1.21 bits per heavy atom. The molecule has 1 amide bonds. The molecule has 0 aromatic carbocycles. The number of carbonyl (C=O) groups excluding carboxylic acids is 1. The predicted molar refractivity (Wildman–Crippen MR) is 54.9 cm³/mol. The third-order valence-electron chi connectivity index (χ3n) is 4.51. The molecule has 0 unspecified atom stereocenters. The zero-order valence-corrected chi connectivity index (χ0v) is 9.02. The van der Waals surface area contributed by atoms with Gasteiger partial charge in [-0.05, 0) is 50.4 Å². The van der Waals surface area contributed by atoms with Gasteiger partial charge >= 0.3 is 0 Å². The summed E-state index contributed by atoms with van der Waals surface area (Å²) in [6.45, 7) is 0. The minimum Gasteiger partial charge on any atom is -0.369 e. The van der Waals surface area contributed by atoms with Gasteiger partial charge in [-0.1, -0.05) is 0 Å². The highest BCUT2D eigenvalue weighted by Crippen LogP contribution is 2.63. The van der Waals surface area contributed by atoms with Gasteiger partial charge in [0.2, 0.25) is 5.91 Å². The minimum absolute atomic E-state index is 0.0842. The highest BCUT2D eigenvalue weighted by atomic mass is 35.5. The summed E-state index contributed by atoms with van der Waals surface area (Å²) in [7, 11) is 0. The zero-order chi connectivity index (χ0) is 9.97. The van der Waals surface area contributed by atoms with Crippen LogP contribution in [0.15, 0.2) is 0 Å². The van der Waals surface area contributed by atoms with Crippen molar-refractivity contribution in [2.75, 3.05) is 0 Å². The maximum Gasteiger partial charge on any atom is 0.223 e. The van der Waals surface area contributed by atoms with Crippen LogP contribution in [-0.2, 0) is 4.79 Å². The number of hydrogen-bond acceptors (Lipinski definition) is 1. The molecular formula is C11H16ClNO. The zero-order valence-electron chi connectivity index (χ0n) is 8.26. The molecule has 0 aromatic rings. The molecule has 0 spiro atoms. The first kappa shape index (κ1) is 9.02. The average molecular weight is 214 g/mol. The van der Waals surface area contributed by atoms with Crippen LogP contribution < -0.4 is 5.73 Å². The number of alkyl halides is 1. The van der Waals surface area contributed by atoms with E-state index in [-0.39, 0.29) is 16.2 Å².